The predicted molar refractivity (Wildman–Crippen MR) is 328 cm³/mol. The topological polar surface area (TPSA) is 111 Å². The molecule has 0 bridgehead atoms. The third-order valence-corrected chi connectivity index (χ3v) is 15.8. The van der Waals surface area contributed by atoms with Gasteiger partial charge in [-0.25, -0.2) is 4.57 Å². The molecular weight excluding hydrogens is 964 g/mol. The van der Waals surface area contributed by atoms with Gasteiger partial charge in [-0.3, -0.25) is 18.6 Å². The minimum atomic E-state index is -4.45. The first-order valence-electron chi connectivity index (χ1n) is 32.8. The Bertz CT molecular complexity index is 1400. The highest BCUT2D eigenvalue weighted by Gasteiger charge is 2.30. The van der Waals surface area contributed by atoms with E-state index in [2.05, 4.69) is 50.4 Å². The molecule has 0 saturated heterocycles. The van der Waals surface area contributed by atoms with E-state index in [1.165, 1.54) is 205 Å². The van der Waals surface area contributed by atoms with Crippen molar-refractivity contribution in [2.75, 3.05) is 40.9 Å². The lowest BCUT2D eigenvalue weighted by Crippen LogP contribution is -2.47. The zero-order valence-electron chi connectivity index (χ0n) is 51.3. The van der Waals surface area contributed by atoms with Crippen LogP contribution in [0.25, 0.3) is 0 Å². The molecule has 76 heavy (non-hydrogen) atoms. The highest BCUT2D eigenvalue weighted by atomic mass is 31.2. The molecule has 0 rings (SSSR count). The molecule has 0 aliphatic rings. The number of phosphoric acid groups is 1. The van der Waals surface area contributed by atoms with Crippen molar-refractivity contribution in [3.63, 3.8) is 0 Å². The van der Waals surface area contributed by atoms with Gasteiger partial charge in [-0.1, -0.05) is 289 Å². The van der Waals surface area contributed by atoms with Gasteiger partial charge >= 0.3 is 13.8 Å². The molecule has 0 aromatic rings. The van der Waals surface area contributed by atoms with E-state index in [9.17, 15) is 19.0 Å². The molecule has 0 aliphatic heterocycles. The summed E-state index contributed by atoms with van der Waals surface area (Å²) in [6, 6.07) is -0.847. The van der Waals surface area contributed by atoms with Crippen LogP contribution in [0.3, 0.4) is 0 Å². The minimum Gasteiger partial charge on any atom is -0.456 e. The van der Waals surface area contributed by atoms with E-state index in [1.54, 1.807) is 0 Å². The second-order valence-electron chi connectivity index (χ2n) is 23.6. The van der Waals surface area contributed by atoms with E-state index in [0.717, 1.165) is 83.5 Å². The van der Waals surface area contributed by atoms with E-state index in [4.69, 9.17) is 13.8 Å². The Balaban J connectivity index is 5.00. The van der Waals surface area contributed by atoms with Crippen LogP contribution < -0.4 is 5.32 Å². The maximum Gasteiger partial charge on any atom is 0.472 e. The second kappa shape index (κ2) is 56.5. The quantitative estimate of drug-likeness (QED) is 0.0205. The first-order chi connectivity index (χ1) is 36.9. The molecule has 0 aliphatic carbocycles. The number of nitrogens with one attached hydrogen (secondary N) is 1. The number of phosphoric ester groups is 1. The van der Waals surface area contributed by atoms with Crippen LogP contribution in [0.2, 0.25) is 0 Å². The second-order valence-corrected chi connectivity index (χ2v) is 25.1. The van der Waals surface area contributed by atoms with Gasteiger partial charge in [0.15, 0.2) is 0 Å². The molecule has 3 unspecified atom stereocenters. The number of ether oxygens (including phenoxy) is 1. The predicted octanol–water partition coefficient (Wildman–Crippen LogP) is 20.3. The van der Waals surface area contributed by atoms with Crippen molar-refractivity contribution in [1.29, 1.82) is 0 Å². The third-order valence-electron chi connectivity index (χ3n) is 14.8. The largest absolute Gasteiger partial charge is 0.472 e. The zero-order valence-corrected chi connectivity index (χ0v) is 52.2. The molecule has 0 fully saturated rings. The SMILES string of the molecule is CC/C=C/C/C=C/CCCCCCCCCC(=O)OC(/C=C\CCCCCCCCCCC)C(COP(=O)(O)OCC[N+](C)(C)C)NC(=O)CCCCCCCCCCCCCCCCCCCCCCCCCCC. The van der Waals surface area contributed by atoms with Crippen LogP contribution in [0.15, 0.2) is 36.5 Å². The fourth-order valence-electron chi connectivity index (χ4n) is 9.80. The monoisotopic (exact) mass is 1090 g/mol. The number of quaternary nitrogens is 1. The molecule has 1 amide bonds. The molecule has 0 heterocycles. The molecule has 9 nitrogen and oxygen atoms in total. The van der Waals surface area contributed by atoms with Gasteiger partial charge in [0.05, 0.1) is 33.8 Å². The van der Waals surface area contributed by atoms with E-state index in [0.29, 0.717) is 17.4 Å². The smallest absolute Gasteiger partial charge is 0.456 e. The van der Waals surface area contributed by atoms with Crippen LogP contribution in [-0.4, -0.2) is 74.3 Å². The van der Waals surface area contributed by atoms with Crippen molar-refractivity contribution in [2.24, 2.45) is 0 Å². The van der Waals surface area contributed by atoms with Gasteiger partial charge in [0.25, 0.3) is 0 Å². The molecule has 3 atom stereocenters. The first kappa shape index (κ1) is 74.2. The van der Waals surface area contributed by atoms with Crippen molar-refractivity contribution in [3.8, 4) is 0 Å². The summed E-state index contributed by atoms with van der Waals surface area (Å²) in [5.74, 6) is -0.501. The van der Waals surface area contributed by atoms with Crippen LogP contribution in [0.1, 0.15) is 323 Å². The molecule has 2 N–H and O–H groups in total. The Morgan fingerprint density at radius 3 is 1.25 bits per heavy atom. The fourth-order valence-corrected chi connectivity index (χ4v) is 10.5. The van der Waals surface area contributed by atoms with Crippen molar-refractivity contribution >= 4 is 19.7 Å². The summed E-state index contributed by atoms with van der Waals surface area (Å²) in [7, 11) is 1.50. The molecule has 0 aromatic carbocycles. The summed E-state index contributed by atoms with van der Waals surface area (Å²) >= 11 is 0. The van der Waals surface area contributed by atoms with Crippen molar-refractivity contribution in [3.05, 3.63) is 36.5 Å². The average molecular weight is 1090 g/mol. The van der Waals surface area contributed by atoms with Crippen LogP contribution in [-0.2, 0) is 27.9 Å². The van der Waals surface area contributed by atoms with Gasteiger partial charge in [0.1, 0.15) is 19.3 Å². The Morgan fingerprint density at radius 1 is 0.474 bits per heavy atom. The number of carbonyl (C=O) groups excluding carboxylic acids is 2. The Labute approximate surface area is 472 Å². The summed E-state index contributed by atoms with van der Waals surface area (Å²) in [5.41, 5.74) is 0. The van der Waals surface area contributed by atoms with Gasteiger partial charge in [-0.05, 0) is 57.4 Å². The van der Waals surface area contributed by atoms with Crippen molar-refractivity contribution < 1.29 is 37.3 Å². The number of likely N-dealkylation sites (N-methyl/N-ethyl adjacent to an activating group) is 1. The van der Waals surface area contributed by atoms with Crippen molar-refractivity contribution in [1.82, 2.24) is 5.32 Å². The summed E-state index contributed by atoms with van der Waals surface area (Å²) in [5, 5.41) is 3.06. The lowest BCUT2D eigenvalue weighted by molar-refractivity contribution is -0.870. The molecule has 0 spiro atoms. The van der Waals surface area contributed by atoms with E-state index < -0.39 is 20.0 Å². The average Bonchev–Trinajstić information content (AvgIpc) is 3.38. The van der Waals surface area contributed by atoms with Crippen LogP contribution in [0.5, 0.6) is 0 Å². The van der Waals surface area contributed by atoms with Gasteiger partial charge in [-0.2, -0.15) is 0 Å². The number of allylic oxidation sites excluding steroid dienone is 5. The first-order valence-corrected chi connectivity index (χ1v) is 34.3. The maximum absolute atomic E-state index is 13.6. The molecule has 0 radical (unpaired) electrons. The summed E-state index contributed by atoms with van der Waals surface area (Å²) in [4.78, 5) is 37.7. The molecule has 0 saturated carbocycles. The van der Waals surface area contributed by atoms with E-state index in [1.807, 2.05) is 33.3 Å². The summed E-state index contributed by atoms with van der Waals surface area (Å²) < 4.78 is 30.7. The highest BCUT2D eigenvalue weighted by molar-refractivity contribution is 7.47. The number of hydrogen-bond acceptors (Lipinski definition) is 6. The van der Waals surface area contributed by atoms with Crippen LogP contribution >= 0.6 is 7.82 Å². The van der Waals surface area contributed by atoms with Crippen LogP contribution in [0, 0.1) is 0 Å². The van der Waals surface area contributed by atoms with Crippen molar-refractivity contribution in [2.45, 2.75) is 335 Å². The van der Waals surface area contributed by atoms with Gasteiger partial charge in [0.2, 0.25) is 5.91 Å². The molecule has 0 aromatic heterocycles. The molecule has 10 heteroatoms. The van der Waals surface area contributed by atoms with Gasteiger partial charge in [-0.15, -0.1) is 0 Å². The Kier molecular flexibility index (Phi) is 55.2. The maximum atomic E-state index is 13.6. The number of unbranched alkanes of at least 4 members (excludes halogenated alkanes) is 40. The Hall–Kier alpha value is -1.77. The Morgan fingerprint density at radius 2 is 0.842 bits per heavy atom. The number of rotatable bonds is 60. The third kappa shape index (κ3) is 56.9. The summed E-state index contributed by atoms with van der Waals surface area (Å²) in [6.07, 6.45) is 68.8. The lowest BCUT2D eigenvalue weighted by atomic mass is 10.0. The standard InChI is InChI=1S/C66H127N2O7P/c1-7-10-13-16-19-22-25-27-29-30-31-32-33-34-35-36-37-38-39-40-43-46-49-52-55-58-65(69)67-63(62-74-76(71,72)73-61-60-68(4,5)6)64(57-54-51-48-45-42-24-21-18-15-12-9-3)75-66(70)59-56-53-50-47-44-41-28-26-23-20-17-14-11-8-2/h11,14,20,23,54,57,63-64H,7-10,12-13,15-19,21-22,24-53,55-56,58-62H2,1-6H3,(H-,67,69,71,72)/p+1/b14-11+,23-20+,57-54-. The normalized spacial score (nSPS) is 13.8. The van der Waals surface area contributed by atoms with E-state index in [-0.39, 0.29) is 31.5 Å². The number of hydrogen-bond donors (Lipinski definition) is 2. The summed E-state index contributed by atoms with van der Waals surface area (Å²) in [6.45, 7) is 6.94. The molecule has 448 valence electrons. The number of nitrogens with zero attached hydrogens (tertiary/aromatic N) is 1. The number of carbonyl (C=O) groups is 2. The number of esters is 1. The zero-order chi connectivity index (χ0) is 55.7. The van der Waals surface area contributed by atoms with Gasteiger partial charge < -0.3 is 19.4 Å². The highest BCUT2D eigenvalue weighted by Crippen LogP contribution is 2.43. The number of amides is 1. The fraction of sp³-hybridized carbons (Fsp3) is 0.879. The lowest BCUT2D eigenvalue weighted by Gasteiger charge is -2.27. The van der Waals surface area contributed by atoms with E-state index >= 15 is 0 Å². The minimum absolute atomic E-state index is 0.0412. The van der Waals surface area contributed by atoms with Gasteiger partial charge in [0, 0.05) is 12.8 Å². The molecular formula is C66H128N2O7P+. The van der Waals surface area contributed by atoms with Crippen LogP contribution in [0.4, 0.5) is 0 Å².